The van der Waals surface area contributed by atoms with Crippen molar-refractivity contribution < 1.29 is 9.53 Å². The smallest absolute Gasteiger partial charge is 0.390 e. The molecule has 0 bridgehead atoms. The lowest BCUT2D eigenvalue weighted by Crippen LogP contribution is -2.05. The second-order valence-electron chi connectivity index (χ2n) is 1.04. The fourth-order valence-electron chi connectivity index (χ4n) is 0.224. The molecule has 0 aromatic carbocycles. The van der Waals surface area contributed by atoms with Crippen LogP contribution in [0.3, 0.4) is 0 Å². The summed E-state index contributed by atoms with van der Waals surface area (Å²) < 4.78 is 4.32. The summed E-state index contributed by atoms with van der Waals surface area (Å²) in [6, 6.07) is 0. The molecule has 0 aliphatic carbocycles. The van der Waals surface area contributed by atoms with E-state index in [1.54, 1.807) is 0 Å². The third-order valence-electron chi connectivity index (χ3n) is 0.471. The first-order valence-corrected chi connectivity index (χ1v) is 2.09. The summed E-state index contributed by atoms with van der Waals surface area (Å²) in [7, 11) is 0. The normalized spacial score (nSPS) is 7.38. The lowest BCUT2D eigenvalue weighted by molar-refractivity contribution is -0.140. The van der Waals surface area contributed by atoms with Crippen LogP contribution in [0.5, 0.6) is 0 Å². The Kier molecular flexibility index (Phi) is 3.42. The van der Waals surface area contributed by atoms with Gasteiger partial charge in [0, 0.05) is 0 Å². The molecule has 0 unspecified atom stereocenters. The quantitative estimate of drug-likeness (QED) is 0.379. The molecule has 0 aromatic heterocycles. The minimum atomic E-state index is -0.505. The number of carbonyl (C=O) groups is 1. The molecule has 8 heavy (non-hydrogen) atoms. The van der Waals surface area contributed by atoms with Gasteiger partial charge in [0.05, 0.1) is 0 Å². The largest absolute Gasteiger partial charge is 0.418 e. The van der Waals surface area contributed by atoms with Crippen molar-refractivity contribution in [2.24, 2.45) is 0 Å². The number of ether oxygens (including phenoxy) is 1. The molecular formula is C5H6NO2+. The highest BCUT2D eigenvalue weighted by atomic mass is 16.5. The molecule has 0 heterocycles. The van der Waals surface area contributed by atoms with Gasteiger partial charge < -0.3 is 9.58 Å². The first kappa shape index (κ1) is 6.83. The van der Waals surface area contributed by atoms with Crippen molar-refractivity contribution in [3.8, 4) is 0 Å². The fourth-order valence-corrected chi connectivity index (χ4v) is 0.224. The maximum Gasteiger partial charge on any atom is 0.390 e. The van der Waals surface area contributed by atoms with Crippen LogP contribution in [-0.4, -0.2) is 19.1 Å². The first-order chi connectivity index (χ1) is 3.81. The SMILES string of the molecule is [C-]#[N+]CC(=O)OC[CH2+]. The van der Waals surface area contributed by atoms with E-state index in [0.29, 0.717) is 0 Å². The average Bonchev–Trinajstić information content (AvgIpc) is 1.68. The van der Waals surface area contributed by atoms with Crippen LogP contribution in [-0.2, 0) is 9.53 Å². The van der Waals surface area contributed by atoms with Gasteiger partial charge in [-0.05, 0) is 0 Å². The number of esters is 1. The average molecular weight is 112 g/mol. The zero-order chi connectivity index (χ0) is 6.41. The third-order valence-corrected chi connectivity index (χ3v) is 0.471. The van der Waals surface area contributed by atoms with E-state index in [9.17, 15) is 4.79 Å². The van der Waals surface area contributed by atoms with Gasteiger partial charge in [-0.1, -0.05) is 0 Å². The van der Waals surface area contributed by atoms with E-state index in [1.807, 2.05) is 0 Å². The van der Waals surface area contributed by atoms with Crippen LogP contribution >= 0.6 is 0 Å². The Bertz CT molecular complexity index is 114. The van der Waals surface area contributed by atoms with Crippen molar-refractivity contribution in [1.82, 2.24) is 0 Å². The van der Waals surface area contributed by atoms with Crippen LogP contribution in [0, 0.1) is 13.5 Å². The zero-order valence-electron chi connectivity index (χ0n) is 4.39. The standard InChI is InChI=1S/C5H6NO2/c1-3-8-5(7)4-6-2/h1,3-4H2/q+1. The molecule has 0 radical (unpaired) electrons. The van der Waals surface area contributed by atoms with Gasteiger partial charge in [0.25, 0.3) is 0 Å². The lowest BCUT2D eigenvalue weighted by atomic mass is 10.7. The van der Waals surface area contributed by atoms with Crippen molar-refractivity contribution in [3.63, 3.8) is 0 Å². The Labute approximate surface area is 48.1 Å². The first-order valence-electron chi connectivity index (χ1n) is 2.09. The predicted octanol–water partition coefficient (Wildman–Crippen LogP) is 0.283. The van der Waals surface area contributed by atoms with Gasteiger partial charge in [-0.2, -0.15) is 0 Å². The van der Waals surface area contributed by atoms with E-state index < -0.39 is 5.97 Å². The molecule has 3 heteroatoms. The van der Waals surface area contributed by atoms with Crippen molar-refractivity contribution in [3.05, 3.63) is 18.3 Å². The molecule has 0 aromatic rings. The van der Waals surface area contributed by atoms with Crippen molar-refractivity contribution >= 4 is 5.97 Å². The summed E-state index contributed by atoms with van der Waals surface area (Å²) in [5.74, 6) is -0.505. The summed E-state index contributed by atoms with van der Waals surface area (Å²) in [4.78, 5) is 13.0. The van der Waals surface area contributed by atoms with Gasteiger partial charge in [-0.15, -0.1) is 0 Å². The van der Waals surface area contributed by atoms with Crippen molar-refractivity contribution in [2.45, 2.75) is 0 Å². The maximum absolute atomic E-state index is 10.2. The highest BCUT2D eigenvalue weighted by molar-refractivity contribution is 5.73. The number of nitrogens with zero attached hydrogens (tertiary/aromatic N) is 1. The van der Waals surface area contributed by atoms with Crippen LogP contribution in [0.2, 0.25) is 0 Å². The van der Waals surface area contributed by atoms with Gasteiger partial charge in [-0.3, -0.25) is 0 Å². The van der Waals surface area contributed by atoms with Gasteiger partial charge in [-0.25, -0.2) is 11.4 Å². The fraction of sp³-hybridized carbons (Fsp3) is 0.400. The summed E-state index contributed by atoms with van der Waals surface area (Å²) in [6.07, 6.45) is 0. The molecule has 0 aliphatic heterocycles. The van der Waals surface area contributed by atoms with E-state index in [2.05, 4.69) is 16.5 Å². The van der Waals surface area contributed by atoms with Crippen LogP contribution in [0.25, 0.3) is 4.85 Å². The van der Waals surface area contributed by atoms with Gasteiger partial charge in [0.2, 0.25) is 6.61 Å². The number of hydrogen-bond acceptors (Lipinski definition) is 2. The van der Waals surface area contributed by atoms with Gasteiger partial charge >= 0.3 is 12.5 Å². The van der Waals surface area contributed by atoms with E-state index in [-0.39, 0.29) is 13.2 Å². The molecule has 0 saturated carbocycles. The highest BCUT2D eigenvalue weighted by Gasteiger charge is 2.02. The summed E-state index contributed by atoms with van der Waals surface area (Å²) in [6.45, 7) is 9.38. The molecule has 0 rings (SSSR count). The Morgan fingerprint density at radius 1 is 1.88 bits per heavy atom. The molecular weight excluding hydrogens is 106 g/mol. The molecule has 0 amide bonds. The third kappa shape index (κ3) is 3.04. The molecule has 0 atom stereocenters. The summed E-state index contributed by atoms with van der Waals surface area (Å²) in [5.41, 5.74) is 0. The Balaban J connectivity index is 3.23. The molecule has 42 valence electrons. The Hall–Kier alpha value is -1.17. The van der Waals surface area contributed by atoms with Crippen LogP contribution in [0.4, 0.5) is 0 Å². The minimum Gasteiger partial charge on any atom is -0.418 e. The number of hydrogen-bond donors (Lipinski definition) is 0. The number of carbonyl (C=O) groups excluding carboxylic acids is 1. The van der Waals surface area contributed by atoms with Crippen molar-refractivity contribution in [1.29, 1.82) is 0 Å². The highest BCUT2D eigenvalue weighted by Crippen LogP contribution is 1.76. The molecule has 0 saturated heterocycles. The molecule has 0 N–H and O–H groups in total. The second kappa shape index (κ2) is 4.00. The summed E-state index contributed by atoms with van der Waals surface area (Å²) in [5, 5.41) is 0. The summed E-state index contributed by atoms with van der Waals surface area (Å²) >= 11 is 0. The lowest BCUT2D eigenvalue weighted by Gasteiger charge is -1.86. The van der Waals surface area contributed by atoms with Crippen LogP contribution in [0.15, 0.2) is 0 Å². The molecule has 0 fully saturated rings. The second-order valence-corrected chi connectivity index (χ2v) is 1.04. The van der Waals surface area contributed by atoms with E-state index >= 15 is 0 Å². The minimum absolute atomic E-state index is 0.106. The molecule has 3 nitrogen and oxygen atoms in total. The van der Waals surface area contributed by atoms with E-state index in [1.165, 1.54) is 0 Å². The Morgan fingerprint density at radius 2 is 2.50 bits per heavy atom. The topological polar surface area (TPSA) is 30.7 Å². The number of rotatable bonds is 2. The maximum atomic E-state index is 10.2. The molecule has 0 aliphatic rings. The van der Waals surface area contributed by atoms with Crippen LogP contribution in [0.1, 0.15) is 0 Å². The van der Waals surface area contributed by atoms with Crippen LogP contribution < -0.4 is 0 Å². The monoisotopic (exact) mass is 112 g/mol. The molecule has 0 spiro atoms. The predicted molar refractivity (Wildman–Crippen MR) is 27.8 cm³/mol. The Morgan fingerprint density at radius 3 is 2.88 bits per heavy atom. The van der Waals surface area contributed by atoms with Gasteiger partial charge in [0.15, 0.2) is 0 Å². The van der Waals surface area contributed by atoms with Gasteiger partial charge in [0.1, 0.15) is 6.92 Å². The van der Waals surface area contributed by atoms with E-state index in [0.717, 1.165) is 0 Å². The zero-order valence-corrected chi connectivity index (χ0v) is 4.39. The van der Waals surface area contributed by atoms with Crippen molar-refractivity contribution in [2.75, 3.05) is 13.2 Å². The van der Waals surface area contributed by atoms with E-state index in [4.69, 9.17) is 6.57 Å².